The van der Waals surface area contributed by atoms with Crippen LogP contribution in [0.5, 0.6) is 0 Å². The van der Waals surface area contributed by atoms with E-state index in [4.69, 9.17) is 4.74 Å². The normalized spacial score (nSPS) is 12.4. The van der Waals surface area contributed by atoms with Crippen molar-refractivity contribution in [3.8, 4) is 0 Å². The van der Waals surface area contributed by atoms with Crippen molar-refractivity contribution < 1.29 is 9.53 Å². The molecule has 0 aliphatic rings. The number of ketones is 1. The minimum Gasteiger partial charge on any atom is -0.371 e. The fraction of sp³-hybridized carbons (Fsp3) is 0.533. The molecule has 0 fully saturated rings. The standard InChI is InChI=1S/C15H22O2/c1-4-8-15(17-5-2)14(16)11-13-10-7-6-9-12(13)3/h6-7,9-10,15H,4-5,8,11H2,1-3H3. The SMILES string of the molecule is CCCC(OCC)C(=O)Cc1ccccc1C. The van der Waals surface area contributed by atoms with Gasteiger partial charge in [-0.2, -0.15) is 0 Å². The largest absolute Gasteiger partial charge is 0.371 e. The van der Waals surface area contributed by atoms with Gasteiger partial charge in [-0.3, -0.25) is 4.79 Å². The Labute approximate surface area is 104 Å². The Morgan fingerprint density at radius 1 is 1.29 bits per heavy atom. The molecule has 1 rings (SSSR count). The van der Waals surface area contributed by atoms with Gasteiger partial charge >= 0.3 is 0 Å². The smallest absolute Gasteiger partial charge is 0.165 e. The van der Waals surface area contributed by atoms with Crippen molar-refractivity contribution in [2.45, 2.75) is 46.1 Å². The van der Waals surface area contributed by atoms with E-state index in [0.717, 1.165) is 18.4 Å². The monoisotopic (exact) mass is 234 g/mol. The lowest BCUT2D eigenvalue weighted by Gasteiger charge is -2.15. The van der Waals surface area contributed by atoms with E-state index in [1.54, 1.807) is 0 Å². The first kappa shape index (κ1) is 13.9. The van der Waals surface area contributed by atoms with Gasteiger partial charge in [-0.15, -0.1) is 0 Å². The lowest BCUT2D eigenvalue weighted by molar-refractivity contribution is -0.130. The van der Waals surface area contributed by atoms with Crippen molar-refractivity contribution in [2.75, 3.05) is 6.61 Å². The minimum atomic E-state index is -0.232. The molecule has 94 valence electrons. The van der Waals surface area contributed by atoms with Crippen LogP contribution < -0.4 is 0 Å². The molecular formula is C15H22O2. The maximum atomic E-state index is 12.1. The summed E-state index contributed by atoms with van der Waals surface area (Å²) in [5, 5.41) is 0. The topological polar surface area (TPSA) is 26.3 Å². The molecule has 0 amide bonds. The number of rotatable bonds is 7. The summed E-state index contributed by atoms with van der Waals surface area (Å²) in [6.07, 6.45) is 2.05. The van der Waals surface area contributed by atoms with Gasteiger partial charge in [0.15, 0.2) is 5.78 Å². The van der Waals surface area contributed by atoms with E-state index in [0.29, 0.717) is 13.0 Å². The molecule has 0 heterocycles. The lowest BCUT2D eigenvalue weighted by atomic mass is 9.99. The van der Waals surface area contributed by atoms with E-state index < -0.39 is 0 Å². The van der Waals surface area contributed by atoms with Crippen molar-refractivity contribution in [1.82, 2.24) is 0 Å². The van der Waals surface area contributed by atoms with Gasteiger partial charge in [-0.25, -0.2) is 0 Å². The highest BCUT2D eigenvalue weighted by Crippen LogP contribution is 2.12. The van der Waals surface area contributed by atoms with Crippen LogP contribution in [0.4, 0.5) is 0 Å². The first-order valence-corrected chi connectivity index (χ1v) is 6.37. The molecule has 0 aromatic heterocycles. The molecule has 17 heavy (non-hydrogen) atoms. The molecule has 2 heteroatoms. The number of ether oxygens (including phenoxy) is 1. The van der Waals surface area contributed by atoms with E-state index >= 15 is 0 Å². The second-order valence-corrected chi connectivity index (χ2v) is 4.30. The van der Waals surface area contributed by atoms with E-state index in [9.17, 15) is 4.79 Å². The van der Waals surface area contributed by atoms with Crippen LogP contribution in [0.3, 0.4) is 0 Å². The van der Waals surface area contributed by atoms with Gasteiger partial charge in [-0.05, 0) is 31.4 Å². The molecule has 0 spiro atoms. The van der Waals surface area contributed by atoms with Crippen LogP contribution in [-0.4, -0.2) is 18.5 Å². The Balaban J connectivity index is 2.66. The second-order valence-electron chi connectivity index (χ2n) is 4.30. The highest BCUT2D eigenvalue weighted by Gasteiger charge is 2.18. The molecule has 0 saturated heterocycles. The van der Waals surface area contributed by atoms with E-state index in [1.165, 1.54) is 5.56 Å². The highest BCUT2D eigenvalue weighted by molar-refractivity contribution is 5.85. The first-order chi connectivity index (χ1) is 8.19. The molecule has 0 bridgehead atoms. The first-order valence-electron chi connectivity index (χ1n) is 6.37. The molecule has 0 aliphatic heterocycles. The Morgan fingerprint density at radius 3 is 2.59 bits per heavy atom. The molecule has 0 radical (unpaired) electrons. The van der Waals surface area contributed by atoms with Crippen molar-refractivity contribution in [3.63, 3.8) is 0 Å². The minimum absolute atomic E-state index is 0.197. The summed E-state index contributed by atoms with van der Waals surface area (Å²) in [6, 6.07) is 8.03. The number of benzene rings is 1. The molecule has 1 unspecified atom stereocenters. The summed E-state index contributed by atoms with van der Waals surface area (Å²) < 4.78 is 5.51. The Hall–Kier alpha value is -1.15. The summed E-state index contributed by atoms with van der Waals surface area (Å²) in [5.41, 5.74) is 2.28. The third-order valence-electron chi connectivity index (χ3n) is 2.90. The van der Waals surface area contributed by atoms with Crippen LogP contribution in [0.15, 0.2) is 24.3 Å². The number of Topliss-reactive ketones (excluding diaryl/α,β-unsaturated/α-hetero) is 1. The molecule has 2 nitrogen and oxygen atoms in total. The molecule has 0 aliphatic carbocycles. The predicted molar refractivity (Wildman–Crippen MR) is 70.2 cm³/mol. The molecule has 1 aromatic rings. The fourth-order valence-corrected chi connectivity index (χ4v) is 1.91. The molecule has 0 saturated carbocycles. The number of carbonyl (C=O) groups excluding carboxylic acids is 1. The van der Waals surface area contributed by atoms with Gasteiger partial charge in [-0.1, -0.05) is 37.6 Å². The van der Waals surface area contributed by atoms with E-state index in [1.807, 2.05) is 38.1 Å². The molecule has 1 atom stereocenters. The van der Waals surface area contributed by atoms with Crippen LogP contribution in [0.1, 0.15) is 37.8 Å². The van der Waals surface area contributed by atoms with Crippen LogP contribution >= 0.6 is 0 Å². The third-order valence-corrected chi connectivity index (χ3v) is 2.90. The zero-order valence-electron chi connectivity index (χ0n) is 11.0. The Kier molecular flexibility index (Phi) is 5.92. The third kappa shape index (κ3) is 4.31. The Morgan fingerprint density at radius 2 is 2.00 bits per heavy atom. The van der Waals surface area contributed by atoms with Crippen LogP contribution in [0.2, 0.25) is 0 Å². The lowest BCUT2D eigenvalue weighted by Crippen LogP contribution is -2.26. The predicted octanol–water partition coefficient (Wildman–Crippen LogP) is 3.31. The summed E-state index contributed by atoms with van der Waals surface area (Å²) in [6.45, 7) is 6.65. The van der Waals surface area contributed by atoms with Crippen LogP contribution in [0, 0.1) is 6.92 Å². The van der Waals surface area contributed by atoms with Crippen LogP contribution in [0.25, 0.3) is 0 Å². The van der Waals surface area contributed by atoms with Crippen molar-refractivity contribution in [2.24, 2.45) is 0 Å². The van der Waals surface area contributed by atoms with Crippen molar-refractivity contribution in [1.29, 1.82) is 0 Å². The van der Waals surface area contributed by atoms with Gasteiger partial charge < -0.3 is 4.74 Å². The summed E-state index contributed by atoms with van der Waals surface area (Å²) in [5.74, 6) is 0.197. The molecule has 1 aromatic carbocycles. The summed E-state index contributed by atoms with van der Waals surface area (Å²) in [4.78, 5) is 12.1. The average molecular weight is 234 g/mol. The fourth-order valence-electron chi connectivity index (χ4n) is 1.91. The highest BCUT2D eigenvalue weighted by atomic mass is 16.5. The second kappa shape index (κ2) is 7.23. The van der Waals surface area contributed by atoms with Crippen LogP contribution in [-0.2, 0) is 16.0 Å². The number of hydrogen-bond acceptors (Lipinski definition) is 2. The van der Waals surface area contributed by atoms with Gasteiger partial charge in [0.1, 0.15) is 6.10 Å². The molecular weight excluding hydrogens is 212 g/mol. The number of aryl methyl sites for hydroxylation is 1. The van der Waals surface area contributed by atoms with Gasteiger partial charge in [0.2, 0.25) is 0 Å². The number of hydrogen-bond donors (Lipinski definition) is 0. The van der Waals surface area contributed by atoms with Gasteiger partial charge in [0.05, 0.1) is 0 Å². The van der Waals surface area contributed by atoms with Gasteiger partial charge in [0.25, 0.3) is 0 Å². The Bertz CT molecular complexity index is 352. The maximum Gasteiger partial charge on any atom is 0.165 e. The molecule has 0 N–H and O–H groups in total. The van der Waals surface area contributed by atoms with Crippen molar-refractivity contribution in [3.05, 3.63) is 35.4 Å². The van der Waals surface area contributed by atoms with Gasteiger partial charge in [0, 0.05) is 13.0 Å². The van der Waals surface area contributed by atoms with E-state index in [-0.39, 0.29) is 11.9 Å². The zero-order valence-corrected chi connectivity index (χ0v) is 11.0. The number of carbonyl (C=O) groups is 1. The quantitative estimate of drug-likeness (QED) is 0.723. The average Bonchev–Trinajstić information content (AvgIpc) is 2.32. The summed E-state index contributed by atoms with van der Waals surface area (Å²) >= 11 is 0. The van der Waals surface area contributed by atoms with E-state index in [2.05, 4.69) is 6.92 Å². The maximum absolute atomic E-state index is 12.1. The van der Waals surface area contributed by atoms with Crippen molar-refractivity contribution >= 4 is 5.78 Å². The summed E-state index contributed by atoms with van der Waals surface area (Å²) in [7, 11) is 0. The zero-order chi connectivity index (χ0) is 12.7.